The Labute approximate surface area is 155 Å². The maximum Gasteiger partial charge on any atom is 0.263 e. The van der Waals surface area contributed by atoms with E-state index in [1.807, 2.05) is 0 Å². The van der Waals surface area contributed by atoms with Crippen molar-refractivity contribution in [2.24, 2.45) is 0 Å². The molecule has 1 aromatic rings. The first-order valence-corrected chi connectivity index (χ1v) is 9.65. The lowest BCUT2D eigenvalue weighted by atomic mass is 9.93. The number of pyridine rings is 1. The van der Waals surface area contributed by atoms with Gasteiger partial charge < -0.3 is 10.6 Å². The molecule has 9 heteroatoms. The number of hydrogen-bond acceptors (Lipinski definition) is 6. The number of nitrogens with zero attached hydrogens (tertiary/aromatic N) is 2. The highest BCUT2D eigenvalue weighted by molar-refractivity contribution is 8.00. The molecule has 0 bridgehead atoms. The molecule has 0 aromatic carbocycles. The van der Waals surface area contributed by atoms with Crippen LogP contribution >= 0.6 is 11.8 Å². The molecule has 1 aliphatic heterocycles. The molecule has 1 fully saturated rings. The summed E-state index contributed by atoms with van der Waals surface area (Å²) in [5, 5.41) is 5.57. The Balaban J connectivity index is 1.33. The SMILES string of the molecule is O=C(CSCC(=O)NC1CCC1)NCCN1C(=O)c2ccncc2C1=O. The fourth-order valence-corrected chi connectivity index (χ4v) is 3.41. The zero-order valence-electron chi connectivity index (χ0n) is 14.2. The average molecular weight is 376 g/mol. The maximum absolute atomic E-state index is 12.2. The summed E-state index contributed by atoms with van der Waals surface area (Å²) in [5.74, 6) is -0.644. The predicted octanol–water partition coefficient (Wildman–Crippen LogP) is 0.196. The molecule has 1 aliphatic carbocycles. The molecule has 0 spiro atoms. The van der Waals surface area contributed by atoms with Crippen LogP contribution in [0.5, 0.6) is 0 Å². The van der Waals surface area contributed by atoms with Crippen molar-refractivity contribution in [1.29, 1.82) is 0 Å². The van der Waals surface area contributed by atoms with E-state index in [4.69, 9.17) is 0 Å². The highest BCUT2D eigenvalue weighted by Gasteiger charge is 2.35. The summed E-state index contributed by atoms with van der Waals surface area (Å²) >= 11 is 1.24. The minimum Gasteiger partial charge on any atom is -0.354 e. The number of hydrogen-bond donors (Lipinski definition) is 2. The van der Waals surface area contributed by atoms with Crippen LogP contribution < -0.4 is 10.6 Å². The third kappa shape index (κ3) is 4.21. The van der Waals surface area contributed by atoms with Crippen LogP contribution in [0.1, 0.15) is 40.0 Å². The highest BCUT2D eigenvalue weighted by Crippen LogP contribution is 2.21. The van der Waals surface area contributed by atoms with Gasteiger partial charge in [-0.15, -0.1) is 11.8 Å². The minimum atomic E-state index is -0.394. The summed E-state index contributed by atoms with van der Waals surface area (Å²) in [5.41, 5.74) is 0.626. The van der Waals surface area contributed by atoms with Crippen molar-refractivity contribution in [2.45, 2.75) is 25.3 Å². The summed E-state index contributed by atoms with van der Waals surface area (Å²) in [6.07, 6.45) is 6.06. The second-order valence-corrected chi connectivity index (χ2v) is 7.21. The third-order valence-corrected chi connectivity index (χ3v) is 5.30. The molecule has 2 aliphatic rings. The maximum atomic E-state index is 12.2. The first-order chi connectivity index (χ1) is 12.6. The van der Waals surface area contributed by atoms with Gasteiger partial charge in [-0.1, -0.05) is 0 Å². The number of nitrogens with one attached hydrogen (secondary N) is 2. The van der Waals surface area contributed by atoms with Gasteiger partial charge >= 0.3 is 0 Å². The van der Waals surface area contributed by atoms with Crippen LogP contribution in [-0.2, 0) is 9.59 Å². The molecular formula is C17H20N4O4S. The van der Waals surface area contributed by atoms with Crippen LogP contribution in [-0.4, -0.2) is 64.1 Å². The van der Waals surface area contributed by atoms with E-state index in [-0.39, 0.29) is 47.9 Å². The molecule has 8 nitrogen and oxygen atoms in total. The quantitative estimate of drug-likeness (QED) is 0.627. The van der Waals surface area contributed by atoms with E-state index < -0.39 is 5.91 Å². The van der Waals surface area contributed by atoms with Crippen LogP contribution in [0.3, 0.4) is 0 Å². The number of imide groups is 1. The van der Waals surface area contributed by atoms with Gasteiger partial charge in [0.2, 0.25) is 11.8 Å². The number of thioether (sulfide) groups is 1. The van der Waals surface area contributed by atoms with E-state index in [0.29, 0.717) is 11.6 Å². The zero-order chi connectivity index (χ0) is 18.5. The zero-order valence-corrected chi connectivity index (χ0v) is 15.0. The second-order valence-electron chi connectivity index (χ2n) is 6.22. The standard InChI is InChI=1S/C17H20N4O4S/c22-14(9-26-10-15(23)20-11-2-1-3-11)19-6-7-21-16(24)12-4-5-18-8-13(12)17(21)25/h4-5,8,11H,1-3,6-7,9-10H2,(H,19,22)(H,20,23). The van der Waals surface area contributed by atoms with Crippen LogP contribution in [0, 0.1) is 0 Å². The van der Waals surface area contributed by atoms with E-state index in [9.17, 15) is 19.2 Å². The lowest BCUT2D eigenvalue weighted by Crippen LogP contribution is -2.41. The second kappa shape index (κ2) is 8.31. The fraction of sp³-hybridized carbons (Fsp3) is 0.471. The van der Waals surface area contributed by atoms with E-state index in [0.717, 1.165) is 24.2 Å². The molecular weight excluding hydrogens is 356 g/mol. The summed E-state index contributed by atoms with van der Waals surface area (Å²) in [6.45, 7) is 0.275. The Morgan fingerprint density at radius 1 is 1.15 bits per heavy atom. The first kappa shape index (κ1) is 18.4. The van der Waals surface area contributed by atoms with Gasteiger partial charge in [-0.05, 0) is 25.3 Å². The van der Waals surface area contributed by atoms with Crippen molar-refractivity contribution in [3.8, 4) is 0 Å². The molecule has 2 heterocycles. The molecule has 1 aromatic heterocycles. The molecule has 2 N–H and O–H groups in total. The van der Waals surface area contributed by atoms with Crippen LogP contribution in [0.15, 0.2) is 18.5 Å². The fourth-order valence-electron chi connectivity index (χ4n) is 2.75. The average Bonchev–Trinajstić information content (AvgIpc) is 2.83. The normalized spacial score (nSPS) is 16.2. The van der Waals surface area contributed by atoms with Crippen molar-refractivity contribution >= 4 is 35.4 Å². The Hall–Kier alpha value is -2.42. The molecule has 1 saturated carbocycles. The summed E-state index contributed by atoms with van der Waals surface area (Å²) in [6, 6.07) is 1.81. The van der Waals surface area contributed by atoms with Crippen molar-refractivity contribution in [3.63, 3.8) is 0 Å². The smallest absolute Gasteiger partial charge is 0.263 e. The molecule has 4 amide bonds. The van der Waals surface area contributed by atoms with Crippen molar-refractivity contribution < 1.29 is 19.2 Å². The van der Waals surface area contributed by atoms with Crippen LogP contribution in [0.4, 0.5) is 0 Å². The molecule has 3 rings (SSSR count). The van der Waals surface area contributed by atoms with E-state index in [1.165, 1.54) is 30.2 Å². The summed E-state index contributed by atoms with van der Waals surface area (Å²) in [7, 11) is 0. The largest absolute Gasteiger partial charge is 0.354 e. The monoisotopic (exact) mass is 376 g/mol. The number of carbonyl (C=O) groups excluding carboxylic acids is 4. The topological polar surface area (TPSA) is 108 Å². The van der Waals surface area contributed by atoms with Crippen molar-refractivity contribution in [1.82, 2.24) is 20.5 Å². The number of rotatable bonds is 8. The molecule has 0 radical (unpaired) electrons. The highest BCUT2D eigenvalue weighted by atomic mass is 32.2. The Morgan fingerprint density at radius 2 is 1.88 bits per heavy atom. The molecule has 26 heavy (non-hydrogen) atoms. The van der Waals surface area contributed by atoms with Crippen LogP contribution in [0.2, 0.25) is 0 Å². The molecule has 0 saturated heterocycles. The van der Waals surface area contributed by atoms with Gasteiger partial charge in [0.15, 0.2) is 0 Å². The number of amides is 4. The Kier molecular flexibility index (Phi) is 5.87. The lowest BCUT2D eigenvalue weighted by molar-refractivity contribution is -0.119. The molecule has 0 unspecified atom stereocenters. The Morgan fingerprint density at radius 3 is 2.58 bits per heavy atom. The number of fused-ring (bicyclic) bond motifs is 1. The predicted molar refractivity (Wildman–Crippen MR) is 95.7 cm³/mol. The first-order valence-electron chi connectivity index (χ1n) is 8.50. The van der Waals surface area contributed by atoms with E-state index in [2.05, 4.69) is 15.6 Å². The van der Waals surface area contributed by atoms with Gasteiger partial charge in [-0.3, -0.25) is 29.1 Å². The summed E-state index contributed by atoms with van der Waals surface area (Å²) in [4.78, 5) is 52.7. The molecule has 0 atom stereocenters. The van der Waals surface area contributed by atoms with Crippen LogP contribution in [0.25, 0.3) is 0 Å². The van der Waals surface area contributed by atoms with Gasteiger partial charge in [-0.25, -0.2) is 0 Å². The van der Waals surface area contributed by atoms with E-state index in [1.54, 1.807) is 0 Å². The van der Waals surface area contributed by atoms with Crippen molar-refractivity contribution in [2.75, 3.05) is 24.6 Å². The van der Waals surface area contributed by atoms with Gasteiger partial charge in [0.05, 0.1) is 22.6 Å². The Bertz CT molecular complexity index is 700. The number of aromatic nitrogens is 1. The molecule has 138 valence electrons. The number of carbonyl (C=O) groups is 4. The lowest BCUT2D eigenvalue weighted by Gasteiger charge is -2.26. The van der Waals surface area contributed by atoms with Gasteiger partial charge in [-0.2, -0.15) is 0 Å². The van der Waals surface area contributed by atoms with Crippen molar-refractivity contribution in [3.05, 3.63) is 29.6 Å². The minimum absolute atomic E-state index is 0.0489. The van der Waals surface area contributed by atoms with E-state index >= 15 is 0 Å². The van der Waals surface area contributed by atoms with Gasteiger partial charge in [0.25, 0.3) is 11.8 Å². The van der Waals surface area contributed by atoms with Gasteiger partial charge in [0.1, 0.15) is 0 Å². The summed E-state index contributed by atoms with van der Waals surface area (Å²) < 4.78 is 0. The third-order valence-electron chi connectivity index (χ3n) is 4.37. The van der Waals surface area contributed by atoms with Gasteiger partial charge in [0, 0.05) is 31.5 Å².